The van der Waals surface area contributed by atoms with Gasteiger partial charge in [0.25, 0.3) is 6.43 Å². The molecule has 78 valence electrons. The van der Waals surface area contributed by atoms with Crippen molar-refractivity contribution in [1.29, 1.82) is 0 Å². The molecule has 0 radical (unpaired) electrons. The second-order valence-electron chi connectivity index (χ2n) is 2.62. The number of benzene rings is 1. The Labute approximate surface area is 88.0 Å². The number of halogens is 4. The molecule has 1 unspecified atom stereocenters. The fourth-order valence-electron chi connectivity index (χ4n) is 1.06. The molecule has 1 rings (SSSR count). The molecule has 0 aromatic heterocycles. The minimum absolute atomic E-state index is 0.113. The van der Waals surface area contributed by atoms with Crippen molar-refractivity contribution in [3.8, 4) is 5.75 Å². The molecule has 0 fully saturated rings. The van der Waals surface area contributed by atoms with E-state index in [0.717, 1.165) is 12.1 Å². The zero-order valence-electron chi connectivity index (χ0n) is 7.31. The van der Waals surface area contributed by atoms with Crippen molar-refractivity contribution in [1.82, 2.24) is 0 Å². The van der Waals surface area contributed by atoms with Crippen molar-refractivity contribution in [2.75, 3.05) is 7.11 Å². The van der Waals surface area contributed by atoms with E-state index in [0.29, 0.717) is 0 Å². The molecule has 0 saturated carbocycles. The van der Waals surface area contributed by atoms with Crippen LogP contribution in [0.2, 0.25) is 0 Å². The summed E-state index contributed by atoms with van der Waals surface area (Å²) in [7, 11) is 1.35. The van der Waals surface area contributed by atoms with Crippen LogP contribution < -0.4 is 4.74 Å². The van der Waals surface area contributed by atoms with Crippen LogP contribution in [0.1, 0.15) is 10.4 Å². The summed E-state index contributed by atoms with van der Waals surface area (Å²) in [4.78, 5) is -1.21. The smallest absolute Gasteiger partial charge is 0.255 e. The average molecular weight is 269 g/mol. The van der Waals surface area contributed by atoms with Crippen molar-refractivity contribution < 1.29 is 17.9 Å². The number of methoxy groups -OCH3 is 1. The Morgan fingerprint density at radius 1 is 1.36 bits per heavy atom. The van der Waals surface area contributed by atoms with Gasteiger partial charge in [0.1, 0.15) is 16.4 Å². The summed E-state index contributed by atoms with van der Waals surface area (Å²) in [5.74, 6) is -0.320. The lowest BCUT2D eigenvalue weighted by molar-refractivity contribution is 0.146. The summed E-state index contributed by atoms with van der Waals surface area (Å²) in [6, 6.07) is 3.51. The van der Waals surface area contributed by atoms with Crippen LogP contribution in [0.5, 0.6) is 5.75 Å². The van der Waals surface area contributed by atoms with E-state index in [1.54, 1.807) is 0 Å². The Morgan fingerprint density at radius 2 is 2.00 bits per heavy atom. The van der Waals surface area contributed by atoms with Gasteiger partial charge in [-0.2, -0.15) is 0 Å². The molecule has 14 heavy (non-hydrogen) atoms. The fourth-order valence-corrected chi connectivity index (χ4v) is 1.41. The van der Waals surface area contributed by atoms with Crippen LogP contribution >= 0.6 is 15.9 Å². The first-order chi connectivity index (χ1) is 6.56. The van der Waals surface area contributed by atoms with E-state index >= 15 is 0 Å². The lowest BCUT2D eigenvalue weighted by Crippen LogP contribution is -2.04. The lowest BCUT2D eigenvalue weighted by Gasteiger charge is -2.13. The van der Waals surface area contributed by atoms with Gasteiger partial charge >= 0.3 is 0 Å². The summed E-state index contributed by atoms with van der Waals surface area (Å²) in [5, 5.41) is 0. The topological polar surface area (TPSA) is 9.23 Å². The van der Waals surface area contributed by atoms with Gasteiger partial charge in [-0.05, 0) is 18.2 Å². The summed E-state index contributed by atoms with van der Waals surface area (Å²) >= 11 is 2.78. The zero-order valence-corrected chi connectivity index (χ0v) is 8.89. The quantitative estimate of drug-likeness (QED) is 0.762. The molecule has 1 atom stereocenters. The molecular formula is C9H8BrF3O. The van der Waals surface area contributed by atoms with E-state index in [9.17, 15) is 13.2 Å². The maximum atomic E-state index is 12.8. The highest BCUT2D eigenvalue weighted by molar-refractivity contribution is 9.09. The fraction of sp³-hybridized carbons (Fsp3) is 0.333. The molecule has 0 bridgehead atoms. The Hall–Kier alpha value is -0.710. The number of rotatable bonds is 3. The molecule has 0 N–H and O–H groups in total. The number of ether oxygens (including phenoxy) is 1. The van der Waals surface area contributed by atoms with Gasteiger partial charge in [0.15, 0.2) is 0 Å². The first kappa shape index (κ1) is 11.4. The normalized spacial score (nSPS) is 13.0. The predicted octanol–water partition coefficient (Wildman–Crippen LogP) is 3.54. The summed E-state index contributed by atoms with van der Waals surface area (Å²) in [5.41, 5.74) is 0.113. The first-order valence-corrected chi connectivity index (χ1v) is 4.73. The van der Waals surface area contributed by atoms with E-state index in [4.69, 9.17) is 4.74 Å². The van der Waals surface area contributed by atoms with Crippen molar-refractivity contribution >= 4 is 15.9 Å². The van der Waals surface area contributed by atoms with Crippen LogP contribution in [0.3, 0.4) is 0 Å². The Balaban J connectivity index is 3.10. The Morgan fingerprint density at radius 3 is 2.50 bits per heavy atom. The van der Waals surface area contributed by atoms with Crippen molar-refractivity contribution in [3.05, 3.63) is 29.6 Å². The van der Waals surface area contributed by atoms with Crippen LogP contribution in [-0.4, -0.2) is 13.5 Å². The lowest BCUT2D eigenvalue weighted by atomic mass is 10.1. The third-order valence-electron chi connectivity index (χ3n) is 1.71. The molecule has 0 aliphatic heterocycles. The molecule has 0 heterocycles. The van der Waals surface area contributed by atoms with E-state index in [1.165, 1.54) is 13.2 Å². The molecular weight excluding hydrogens is 261 g/mol. The molecule has 0 aliphatic rings. The monoisotopic (exact) mass is 268 g/mol. The molecule has 5 heteroatoms. The minimum Gasteiger partial charge on any atom is -0.496 e. The van der Waals surface area contributed by atoms with E-state index in [-0.39, 0.29) is 11.3 Å². The molecule has 0 aliphatic carbocycles. The van der Waals surface area contributed by atoms with Crippen molar-refractivity contribution in [3.63, 3.8) is 0 Å². The van der Waals surface area contributed by atoms with Gasteiger partial charge in [-0.1, -0.05) is 15.9 Å². The van der Waals surface area contributed by atoms with Crippen LogP contribution in [-0.2, 0) is 0 Å². The molecule has 1 aromatic rings. The average Bonchev–Trinajstić information content (AvgIpc) is 2.16. The highest BCUT2D eigenvalue weighted by atomic mass is 79.9. The summed E-state index contributed by atoms with van der Waals surface area (Å²) < 4.78 is 42.3. The second kappa shape index (κ2) is 4.68. The predicted molar refractivity (Wildman–Crippen MR) is 50.6 cm³/mol. The number of hydrogen-bond donors (Lipinski definition) is 0. The summed E-state index contributed by atoms with van der Waals surface area (Å²) in [6.45, 7) is 0. The van der Waals surface area contributed by atoms with Crippen molar-refractivity contribution in [2.24, 2.45) is 0 Å². The number of alkyl halides is 3. The highest BCUT2D eigenvalue weighted by Crippen LogP contribution is 2.35. The highest BCUT2D eigenvalue weighted by Gasteiger charge is 2.22. The molecule has 1 aromatic carbocycles. The van der Waals surface area contributed by atoms with Gasteiger partial charge in [0.2, 0.25) is 0 Å². The van der Waals surface area contributed by atoms with Crippen LogP contribution in [0.15, 0.2) is 18.2 Å². The van der Waals surface area contributed by atoms with E-state index in [1.807, 2.05) is 0 Å². The van der Waals surface area contributed by atoms with Crippen LogP contribution in [0, 0.1) is 5.82 Å². The zero-order chi connectivity index (χ0) is 10.7. The third kappa shape index (κ3) is 2.41. The van der Waals surface area contributed by atoms with E-state index < -0.39 is 17.1 Å². The standard InChI is InChI=1S/C9H8BrF3O/c1-14-7-3-2-5(11)4-6(7)8(10)9(12)13/h2-4,8-9H,1H3. The Kier molecular flexibility index (Phi) is 3.80. The van der Waals surface area contributed by atoms with Gasteiger partial charge in [-0.3, -0.25) is 0 Å². The van der Waals surface area contributed by atoms with Gasteiger partial charge in [-0.25, -0.2) is 13.2 Å². The molecule has 0 saturated heterocycles. The van der Waals surface area contributed by atoms with Gasteiger partial charge in [-0.15, -0.1) is 0 Å². The molecule has 1 nitrogen and oxygen atoms in total. The molecule has 0 amide bonds. The first-order valence-electron chi connectivity index (χ1n) is 3.82. The van der Waals surface area contributed by atoms with Gasteiger partial charge in [0, 0.05) is 5.56 Å². The van der Waals surface area contributed by atoms with Gasteiger partial charge < -0.3 is 4.74 Å². The maximum absolute atomic E-state index is 12.8. The van der Waals surface area contributed by atoms with Crippen LogP contribution in [0.25, 0.3) is 0 Å². The number of hydrogen-bond acceptors (Lipinski definition) is 1. The van der Waals surface area contributed by atoms with Gasteiger partial charge in [0.05, 0.1) is 7.11 Å². The maximum Gasteiger partial charge on any atom is 0.255 e. The largest absolute Gasteiger partial charge is 0.496 e. The van der Waals surface area contributed by atoms with Crippen LogP contribution in [0.4, 0.5) is 13.2 Å². The van der Waals surface area contributed by atoms with Crippen molar-refractivity contribution in [2.45, 2.75) is 11.3 Å². The SMILES string of the molecule is COc1ccc(F)cc1C(Br)C(F)F. The summed E-state index contributed by atoms with van der Waals surface area (Å²) in [6.07, 6.45) is -2.61. The third-order valence-corrected chi connectivity index (χ3v) is 2.60. The second-order valence-corrected chi connectivity index (χ2v) is 3.61. The minimum atomic E-state index is -2.61. The van der Waals surface area contributed by atoms with E-state index in [2.05, 4.69) is 15.9 Å². The molecule has 0 spiro atoms. The Bertz CT molecular complexity index is 317.